The van der Waals surface area contributed by atoms with Crippen LogP contribution in [0.2, 0.25) is 0 Å². The molecule has 0 aliphatic carbocycles. The van der Waals surface area contributed by atoms with Gasteiger partial charge < -0.3 is 10.0 Å². The summed E-state index contributed by atoms with van der Waals surface area (Å²) in [5, 5.41) is 8.91. The van der Waals surface area contributed by atoms with E-state index in [9.17, 15) is 18.0 Å². The molecule has 0 saturated carbocycles. The molecule has 9 heteroatoms. The number of pyridine rings is 1. The number of carbonyl (C=O) groups excluding carboxylic acids is 1. The monoisotopic (exact) mass is 327 g/mol. The fourth-order valence-electron chi connectivity index (χ4n) is 2.48. The molecule has 1 atom stereocenters. The van der Waals surface area contributed by atoms with E-state index in [1.165, 1.54) is 27.5 Å². The van der Waals surface area contributed by atoms with Gasteiger partial charge in [-0.25, -0.2) is 18.2 Å². The molecule has 1 aromatic rings. The van der Waals surface area contributed by atoms with Crippen molar-refractivity contribution in [1.82, 2.24) is 14.2 Å². The van der Waals surface area contributed by atoms with Gasteiger partial charge in [-0.3, -0.25) is 4.79 Å². The summed E-state index contributed by atoms with van der Waals surface area (Å²) in [6.07, 6.45) is 2.41. The molecule has 2 heterocycles. The number of sulfonamides is 1. The van der Waals surface area contributed by atoms with Crippen molar-refractivity contribution in [2.75, 3.05) is 25.9 Å². The molecule has 120 valence electrons. The number of piperazine rings is 1. The molecule has 1 amide bonds. The Balaban J connectivity index is 2.15. The summed E-state index contributed by atoms with van der Waals surface area (Å²) in [5.41, 5.74) is 0.0288. The first kappa shape index (κ1) is 16.4. The second-order valence-corrected chi connectivity index (χ2v) is 7.14. The van der Waals surface area contributed by atoms with Crippen LogP contribution in [-0.2, 0) is 10.0 Å². The average molecular weight is 327 g/mol. The number of carboxylic acids is 1. The SMILES string of the molecule is C[C@H]1CN(C(=O)c2ccnc(C(=O)O)c2)CCN1S(C)(=O)=O. The Bertz CT molecular complexity index is 703. The van der Waals surface area contributed by atoms with Crippen molar-refractivity contribution in [2.24, 2.45) is 0 Å². The summed E-state index contributed by atoms with van der Waals surface area (Å²) in [7, 11) is -3.30. The Hall–Kier alpha value is -2.00. The van der Waals surface area contributed by atoms with Crippen molar-refractivity contribution >= 4 is 21.9 Å². The van der Waals surface area contributed by atoms with E-state index in [4.69, 9.17) is 5.11 Å². The Morgan fingerprint density at radius 1 is 1.36 bits per heavy atom. The molecule has 1 saturated heterocycles. The number of amides is 1. The predicted octanol–water partition coefficient (Wildman–Crippen LogP) is -0.114. The number of hydrogen-bond donors (Lipinski definition) is 1. The zero-order valence-electron chi connectivity index (χ0n) is 12.3. The topological polar surface area (TPSA) is 108 Å². The standard InChI is InChI=1S/C13H17N3O5S/c1-9-8-15(5-6-16(9)22(2,20)21)12(17)10-3-4-14-11(7-10)13(18)19/h3-4,7,9H,5-6,8H2,1-2H3,(H,18,19)/t9-/m0/s1. The van der Waals surface area contributed by atoms with Gasteiger partial charge in [-0.2, -0.15) is 4.31 Å². The Kier molecular flexibility index (Phi) is 4.47. The minimum absolute atomic E-state index is 0.200. The highest BCUT2D eigenvalue weighted by atomic mass is 32.2. The zero-order valence-corrected chi connectivity index (χ0v) is 13.1. The summed E-state index contributed by atoms with van der Waals surface area (Å²) in [6.45, 7) is 2.48. The molecule has 2 rings (SSSR count). The van der Waals surface area contributed by atoms with Crippen molar-refractivity contribution < 1.29 is 23.1 Å². The first-order chi connectivity index (χ1) is 10.2. The minimum Gasteiger partial charge on any atom is -0.477 e. The molecule has 1 aliphatic rings. The Morgan fingerprint density at radius 3 is 2.59 bits per heavy atom. The smallest absolute Gasteiger partial charge is 0.354 e. The highest BCUT2D eigenvalue weighted by Gasteiger charge is 2.32. The minimum atomic E-state index is -3.30. The van der Waals surface area contributed by atoms with E-state index < -0.39 is 16.0 Å². The van der Waals surface area contributed by atoms with E-state index >= 15 is 0 Å². The van der Waals surface area contributed by atoms with E-state index in [0.29, 0.717) is 0 Å². The molecule has 8 nitrogen and oxygen atoms in total. The van der Waals surface area contributed by atoms with Crippen LogP contribution in [0.4, 0.5) is 0 Å². The number of carboxylic acid groups (broad SMARTS) is 1. The van der Waals surface area contributed by atoms with Crippen LogP contribution >= 0.6 is 0 Å². The molecule has 0 aromatic carbocycles. The van der Waals surface area contributed by atoms with Gasteiger partial charge in [-0.05, 0) is 19.1 Å². The molecule has 1 N–H and O–H groups in total. The fourth-order valence-corrected chi connectivity index (χ4v) is 3.61. The van der Waals surface area contributed by atoms with Gasteiger partial charge in [-0.15, -0.1) is 0 Å². The van der Waals surface area contributed by atoms with Gasteiger partial charge >= 0.3 is 5.97 Å². The lowest BCUT2D eigenvalue weighted by Gasteiger charge is -2.38. The summed E-state index contributed by atoms with van der Waals surface area (Å²) in [4.78, 5) is 28.5. The van der Waals surface area contributed by atoms with Crippen LogP contribution in [0.3, 0.4) is 0 Å². The van der Waals surface area contributed by atoms with E-state index in [1.54, 1.807) is 6.92 Å². The normalized spacial score (nSPS) is 19.9. The third kappa shape index (κ3) is 3.42. The second-order valence-electron chi connectivity index (χ2n) is 5.21. The van der Waals surface area contributed by atoms with Crippen LogP contribution < -0.4 is 0 Å². The molecule has 1 aromatic heterocycles. The summed E-state index contributed by atoms with van der Waals surface area (Å²) >= 11 is 0. The molecule has 0 unspecified atom stereocenters. The number of rotatable bonds is 3. The molecule has 1 aliphatic heterocycles. The van der Waals surface area contributed by atoms with Gasteiger partial charge in [0.1, 0.15) is 5.69 Å². The highest BCUT2D eigenvalue weighted by Crippen LogP contribution is 2.16. The lowest BCUT2D eigenvalue weighted by molar-refractivity contribution is 0.0642. The third-order valence-electron chi connectivity index (χ3n) is 3.51. The lowest BCUT2D eigenvalue weighted by atomic mass is 10.1. The van der Waals surface area contributed by atoms with Gasteiger partial charge in [0.25, 0.3) is 5.91 Å². The van der Waals surface area contributed by atoms with Gasteiger partial charge in [0.05, 0.1) is 6.26 Å². The van der Waals surface area contributed by atoms with E-state index in [1.807, 2.05) is 0 Å². The Labute approximate surface area is 128 Å². The van der Waals surface area contributed by atoms with Gasteiger partial charge in [0, 0.05) is 37.4 Å². The van der Waals surface area contributed by atoms with Gasteiger partial charge in [0.15, 0.2) is 0 Å². The van der Waals surface area contributed by atoms with Gasteiger partial charge in [-0.1, -0.05) is 0 Å². The number of aromatic carboxylic acids is 1. The first-order valence-electron chi connectivity index (χ1n) is 6.65. The van der Waals surface area contributed by atoms with Crippen molar-refractivity contribution in [1.29, 1.82) is 0 Å². The van der Waals surface area contributed by atoms with Crippen LogP contribution in [0.5, 0.6) is 0 Å². The second kappa shape index (κ2) is 6.01. The largest absolute Gasteiger partial charge is 0.477 e. The molecular weight excluding hydrogens is 310 g/mol. The molecular formula is C13H17N3O5S. The average Bonchev–Trinajstić information content (AvgIpc) is 2.45. The van der Waals surface area contributed by atoms with E-state index in [2.05, 4.69) is 4.98 Å². The summed E-state index contributed by atoms with van der Waals surface area (Å²) in [6, 6.07) is 2.34. The van der Waals surface area contributed by atoms with Crippen LogP contribution in [0.1, 0.15) is 27.8 Å². The molecule has 0 spiro atoms. The first-order valence-corrected chi connectivity index (χ1v) is 8.50. The van der Waals surface area contributed by atoms with E-state index in [-0.39, 0.29) is 42.8 Å². The molecule has 22 heavy (non-hydrogen) atoms. The summed E-state index contributed by atoms with van der Waals surface area (Å²) in [5.74, 6) is -1.53. The van der Waals surface area contributed by atoms with Crippen LogP contribution in [0.25, 0.3) is 0 Å². The quantitative estimate of drug-likeness (QED) is 0.829. The van der Waals surface area contributed by atoms with Crippen LogP contribution in [0.15, 0.2) is 18.3 Å². The van der Waals surface area contributed by atoms with Crippen molar-refractivity contribution in [2.45, 2.75) is 13.0 Å². The van der Waals surface area contributed by atoms with Gasteiger partial charge in [0.2, 0.25) is 10.0 Å². The van der Waals surface area contributed by atoms with Crippen molar-refractivity contribution in [3.63, 3.8) is 0 Å². The maximum atomic E-state index is 12.4. The maximum Gasteiger partial charge on any atom is 0.354 e. The highest BCUT2D eigenvalue weighted by molar-refractivity contribution is 7.88. The van der Waals surface area contributed by atoms with E-state index in [0.717, 1.165) is 6.26 Å². The molecule has 0 radical (unpaired) electrons. The van der Waals surface area contributed by atoms with Crippen LogP contribution in [0, 0.1) is 0 Å². The van der Waals surface area contributed by atoms with Crippen molar-refractivity contribution in [3.05, 3.63) is 29.6 Å². The maximum absolute atomic E-state index is 12.4. The fraction of sp³-hybridized carbons (Fsp3) is 0.462. The lowest BCUT2D eigenvalue weighted by Crippen LogP contribution is -2.55. The Morgan fingerprint density at radius 2 is 2.05 bits per heavy atom. The number of carbonyl (C=O) groups is 2. The number of nitrogens with zero attached hydrogens (tertiary/aromatic N) is 3. The zero-order chi connectivity index (χ0) is 16.5. The number of hydrogen-bond acceptors (Lipinski definition) is 5. The number of aromatic nitrogens is 1. The van der Waals surface area contributed by atoms with Crippen LogP contribution in [-0.4, -0.2) is 71.5 Å². The molecule has 0 bridgehead atoms. The third-order valence-corrected chi connectivity index (χ3v) is 4.90. The van der Waals surface area contributed by atoms with Crippen molar-refractivity contribution in [3.8, 4) is 0 Å². The predicted molar refractivity (Wildman–Crippen MR) is 78.1 cm³/mol. The molecule has 1 fully saturated rings. The summed E-state index contributed by atoms with van der Waals surface area (Å²) < 4.78 is 24.6.